The predicted octanol–water partition coefficient (Wildman–Crippen LogP) is 7.01. The van der Waals surface area contributed by atoms with Gasteiger partial charge in [0.2, 0.25) is 5.71 Å². The van der Waals surface area contributed by atoms with E-state index in [0.717, 1.165) is 16.6 Å². The van der Waals surface area contributed by atoms with E-state index in [1.165, 1.54) is 24.4 Å². The molecular formula is C29H21IrN3O-2. The maximum atomic E-state index is 7.57. The minimum Gasteiger partial charge on any atom is -0.486 e. The molecule has 0 amide bonds. The summed E-state index contributed by atoms with van der Waals surface area (Å²) in [4.78, 5) is 12.6. The van der Waals surface area contributed by atoms with Crippen molar-refractivity contribution in [3.05, 3.63) is 115 Å². The van der Waals surface area contributed by atoms with Crippen molar-refractivity contribution in [1.29, 1.82) is 0 Å². The monoisotopic (exact) mass is 626 g/mol. The van der Waals surface area contributed by atoms with Crippen molar-refractivity contribution in [2.75, 3.05) is 0 Å². The van der Waals surface area contributed by atoms with Crippen molar-refractivity contribution in [2.45, 2.75) is 13.7 Å². The van der Waals surface area contributed by atoms with Crippen molar-refractivity contribution in [2.24, 2.45) is 0 Å². The molecule has 0 atom stereocenters. The van der Waals surface area contributed by atoms with E-state index in [-0.39, 0.29) is 37.1 Å². The number of hydrogen-bond donors (Lipinski definition) is 0. The summed E-state index contributed by atoms with van der Waals surface area (Å²) in [6.07, 6.45) is 3.22. The average Bonchev–Trinajstić information content (AvgIpc) is 3.32. The van der Waals surface area contributed by atoms with Gasteiger partial charge in [-0.05, 0) is 49.4 Å². The maximum absolute atomic E-state index is 7.57. The summed E-state index contributed by atoms with van der Waals surface area (Å²) in [7, 11) is 0. The van der Waals surface area contributed by atoms with Crippen molar-refractivity contribution >= 4 is 22.1 Å². The zero-order valence-electron chi connectivity index (χ0n) is 23.7. The van der Waals surface area contributed by atoms with Gasteiger partial charge in [0.25, 0.3) is 0 Å². The molecule has 0 bridgehead atoms. The van der Waals surface area contributed by atoms with E-state index in [1.54, 1.807) is 24.4 Å². The number of rotatable bonds is 2. The summed E-state index contributed by atoms with van der Waals surface area (Å²) < 4.78 is 51.1. The second-order valence-electron chi connectivity index (χ2n) is 7.17. The number of hydrogen-bond acceptors (Lipinski definition) is 4. The first kappa shape index (κ1) is 16.9. The molecule has 6 rings (SSSR count). The standard InChI is InChI=1S/C18H13N2O.C11H8N.Ir/c1-11-8-9-19-16(10-11)15-5-3-4-13-14-7-6-12(2)20-18(14)21-17(13)15;1-2-6-10(7-3-1)11-8-4-5-9-12-11;/h3-4,6-10H,1-2H3;1-6,8-9H;/q2*-1;/i1D3,2D3;;. The summed E-state index contributed by atoms with van der Waals surface area (Å²) in [5.74, 6) is 0. The number of aryl methyl sites for hydroxylation is 2. The summed E-state index contributed by atoms with van der Waals surface area (Å²) in [6, 6.07) is 29.4. The molecule has 4 aromatic heterocycles. The predicted molar refractivity (Wildman–Crippen MR) is 132 cm³/mol. The van der Waals surface area contributed by atoms with E-state index in [1.807, 2.05) is 42.5 Å². The second kappa shape index (κ2) is 10.5. The number of pyridine rings is 3. The molecule has 5 heteroatoms. The van der Waals surface area contributed by atoms with Crippen molar-refractivity contribution in [3.63, 3.8) is 0 Å². The Morgan fingerprint density at radius 3 is 2.50 bits per heavy atom. The van der Waals surface area contributed by atoms with Crippen LogP contribution in [0.2, 0.25) is 0 Å². The van der Waals surface area contributed by atoms with Gasteiger partial charge in [-0.1, -0.05) is 34.7 Å². The van der Waals surface area contributed by atoms with Gasteiger partial charge in [-0.15, -0.1) is 54.1 Å². The molecule has 169 valence electrons. The number of aromatic nitrogens is 3. The molecule has 0 aliphatic rings. The van der Waals surface area contributed by atoms with Gasteiger partial charge in [0.15, 0.2) is 0 Å². The van der Waals surface area contributed by atoms with Crippen LogP contribution in [0.15, 0.2) is 95.7 Å². The Hall–Kier alpha value is -3.66. The molecule has 1 radical (unpaired) electrons. The Bertz CT molecular complexity index is 1700. The Labute approximate surface area is 220 Å². The van der Waals surface area contributed by atoms with Gasteiger partial charge in [-0.25, -0.2) is 4.98 Å². The zero-order valence-corrected chi connectivity index (χ0v) is 20.1. The molecule has 4 nitrogen and oxygen atoms in total. The van der Waals surface area contributed by atoms with Crippen LogP contribution in [0.25, 0.3) is 44.6 Å². The fourth-order valence-electron chi connectivity index (χ4n) is 3.45. The van der Waals surface area contributed by atoms with Crippen LogP contribution in [0, 0.1) is 25.8 Å². The number of fused-ring (bicyclic) bond motifs is 3. The molecule has 0 saturated heterocycles. The zero-order chi connectivity index (χ0) is 27.6. The van der Waals surface area contributed by atoms with Crippen LogP contribution in [0.1, 0.15) is 19.5 Å². The minimum absolute atomic E-state index is 0. The third kappa shape index (κ3) is 4.96. The molecule has 2 aromatic carbocycles. The fourth-order valence-corrected chi connectivity index (χ4v) is 3.45. The molecule has 0 saturated carbocycles. The van der Waals surface area contributed by atoms with Crippen LogP contribution in [0.5, 0.6) is 0 Å². The van der Waals surface area contributed by atoms with E-state index < -0.39 is 13.7 Å². The Balaban J connectivity index is 0.000000238. The van der Waals surface area contributed by atoms with Gasteiger partial charge in [0.05, 0.1) is 5.58 Å². The molecule has 34 heavy (non-hydrogen) atoms. The minimum atomic E-state index is -2.34. The SMILES string of the molecule is [2H]C([2H])([2H])c1ccnc(-c2[c-]ccc3c2oc2nc(C([2H])([2H])[2H])ccc23)c1.[Ir].[c-]1ccccc1-c1ccccn1. The van der Waals surface area contributed by atoms with Crippen LogP contribution < -0.4 is 0 Å². The molecule has 0 unspecified atom stereocenters. The van der Waals surface area contributed by atoms with E-state index >= 15 is 0 Å². The van der Waals surface area contributed by atoms with Crippen LogP contribution in [0.3, 0.4) is 0 Å². The van der Waals surface area contributed by atoms with E-state index in [9.17, 15) is 0 Å². The molecule has 0 aliphatic carbocycles. The van der Waals surface area contributed by atoms with Gasteiger partial charge in [0.1, 0.15) is 0 Å². The van der Waals surface area contributed by atoms with E-state index in [2.05, 4.69) is 27.1 Å². The molecule has 0 fully saturated rings. The van der Waals surface area contributed by atoms with Crippen LogP contribution in [0.4, 0.5) is 0 Å². The number of benzene rings is 2. The molecular weight excluding hydrogens is 599 g/mol. The molecule has 4 heterocycles. The normalized spacial score (nSPS) is 13.8. The first-order chi connectivity index (χ1) is 18.6. The second-order valence-corrected chi connectivity index (χ2v) is 7.17. The largest absolute Gasteiger partial charge is 0.486 e. The first-order valence-corrected chi connectivity index (χ1v) is 10.2. The Morgan fingerprint density at radius 1 is 0.794 bits per heavy atom. The van der Waals surface area contributed by atoms with Crippen LogP contribution >= 0.6 is 0 Å². The summed E-state index contributed by atoms with van der Waals surface area (Å²) >= 11 is 0. The average molecular weight is 626 g/mol. The maximum Gasteiger partial charge on any atom is 0.216 e. The summed E-state index contributed by atoms with van der Waals surface area (Å²) in [5.41, 5.74) is 3.65. The summed E-state index contributed by atoms with van der Waals surface area (Å²) in [5, 5.41) is 1.39. The van der Waals surface area contributed by atoms with Crippen molar-refractivity contribution in [3.8, 4) is 22.5 Å². The third-order valence-corrected chi connectivity index (χ3v) is 4.96. The topological polar surface area (TPSA) is 51.8 Å². The van der Waals surface area contributed by atoms with Gasteiger partial charge in [0, 0.05) is 51.8 Å². The number of nitrogens with zero attached hydrogens (tertiary/aromatic N) is 3. The Morgan fingerprint density at radius 2 is 1.71 bits per heavy atom. The van der Waals surface area contributed by atoms with Gasteiger partial charge in [-0.2, -0.15) is 0 Å². The van der Waals surface area contributed by atoms with E-state index in [4.69, 9.17) is 12.6 Å². The van der Waals surface area contributed by atoms with E-state index in [0.29, 0.717) is 22.2 Å². The van der Waals surface area contributed by atoms with Gasteiger partial charge < -0.3 is 14.4 Å². The van der Waals surface area contributed by atoms with Crippen LogP contribution in [-0.4, -0.2) is 15.0 Å². The smallest absolute Gasteiger partial charge is 0.216 e. The van der Waals surface area contributed by atoms with Gasteiger partial charge >= 0.3 is 0 Å². The third-order valence-electron chi connectivity index (χ3n) is 4.96. The molecule has 6 aromatic rings. The van der Waals surface area contributed by atoms with Crippen molar-refractivity contribution in [1.82, 2.24) is 15.0 Å². The molecule has 0 spiro atoms. The fraction of sp³-hybridized carbons (Fsp3) is 0.0690. The van der Waals surface area contributed by atoms with Crippen LogP contribution in [-0.2, 0) is 20.1 Å². The first-order valence-electron chi connectivity index (χ1n) is 13.2. The van der Waals surface area contributed by atoms with Gasteiger partial charge in [-0.3, -0.25) is 0 Å². The number of furan rings is 1. The summed E-state index contributed by atoms with van der Waals surface area (Å²) in [6.45, 7) is -4.59. The molecule has 0 N–H and O–H groups in total. The molecule has 0 aliphatic heterocycles. The van der Waals surface area contributed by atoms with Crippen molar-refractivity contribution < 1.29 is 32.7 Å². The Kier molecular flexibility index (Phi) is 5.22. The quantitative estimate of drug-likeness (QED) is 0.195.